The van der Waals surface area contributed by atoms with Crippen LogP contribution in [0.2, 0.25) is 0 Å². The van der Waals surface area contributed by atoms with Crippen LogP contribution < -0.4 is 15.5 Å². The molecular weight excluding hydrogens is 390 g/mol. The van der Waals surface area contributed by atoms with E-state index in [9.17, 15) is 9.59 Å². The molecule has 3 aromatic rings. The molecule has 0 aliphatic heterocycles. The Bertz CT molecular complexity index is 1050. The second kappa shape index (κ2) is 10.7. The summed E-state index contributed by atoms with van der Waals surface area (Å²) < 4.78 is 5.24. The smallest absolute Gasteiger partial charge is 0.251 e. The van der Waals surface area contributed by atoms with E-state index in [1.54, 1.807) is 37.6 Å². The first kappa shape index (κ1) is 21.8. The van der Waals surface area contributed by atoms with Crippen LogP contribution >= 0.6 is 0 Å². The van der Waals surface area contributed by atoms with Crippen LogP contribution in [-0.4, -0.2) is 25.1 Å². The lowest BCUT2D eigenvalue weighted by molar-refractivity contribution is -0.121. The summed E-state index contributed by atoms with van der Waals surface area (Å²) in [5.74, 6) is 0.254. The molecule has 0 unspecified atom stereocenters. The minimum atomic E-state index is -0.479. The molecule has 0 aliphatic carbocycles. The van der Waals surface area contributed by atoms with Crippen LogP contribution in [0.15, 0.2) is 84.0 Å². The molecule has 0 saturated carbocycles. The molecular formula is C25H25N3O3. The lowest BCUT2D eigenvalue weighted by atomic mass is 10.0. The first-order valence-corrected chi connectivity index (χ1v) is 9.94. The Labute approximate surface area is 182 Å². The van der Waals surface area contributed by atoms with Gasteiger partial charge in [-0.05, 0) is 53.9 Å². The molecule has 3 aromatic carbocycles. The molecule has 0 bridgehead atoms. The molecule has 0 radical (unpaired) electrons. The molecule has 0 spiro atoms. The Morgan fingerprint density at radius 1 is 1.00 bits per heavy atom. The van der Waals surface area contributed by atoms with Crippen LogP contribution in [0, 0.1) is 6.92 Å². The fourth-order valence-electron chi connectivity index (χ4n) is 3.16. The van der Waals surface area contributed by atoms with E-state index < -0.39 is 6.04 Å². The van der Waals surface area contributed by atoms with Crippen LogP contribution in [0.4, 0.5) is 0 Å². The Morgan fingerprint density at radius 2 is 1.68 bits per heavy atom. The van der Waals surface area contributed by atoms with E-state index in [4.69, 9.17) is 4.74 Å². The molecule has 2 N–H and O–H groups in total. The standard InChI is InChI=1S/C25H25N3O3/c1-18-15-19(13-14-23(18)31-2)17-26-28-24(29)16-22(20-9-5-3-6-10-20)27-25(30)21-11-7-4-8-12-21/h3-15,17,22H,16H2,1-2H3,(H,27,30)(H,28,29)/b26-17-/t22-/m0/s1. The Kier molecular flexibility index (Phi) is 7.54. The van der Waals surface area contributed by atoms with Crippen molar-refractivity contribution in [1.29, 1.82) is 0 Å². The van der Waals surface area contributed by atoms with E-state index in [0.717, 1.165) is 22.4 Å². The summed E-state index contributed by atoms with van der Waals surface area (Å²) in [7, 11) is 1.62. The number of carbonyl (C=O) groups excluding carboxylic acids is 2. The van der Waals surface area contributed by atoms with Gasteiger partial charge in [-0.25, -0.2) is 5.43 Å². The van der Waals surface area contributed by atoms with Gasteiger partial charge in [0, 0.05) is 5.56 Å². The third-order valence-electron chi connectivity index (χ3n) is 4.75. The van der Waals surface area contributed by atoms with Crippen LogP contribution in [0.3, 0.4) is 0 Å². The molecule has 2 amide bonds. The summed E-state index contributed by atoms with van der Waals surface area (Å²) in [6.45, 7) is 1.94. The molecule has 31 heavy (non-hydrogen) atoms. The minimum absolute atomic E-state index is 0.0571. The highest BCUT2D eigenvalue weighted by Gasteiger charge is 2.19. The van der Waals surface area contributed by atoms with Gasteiger partial charge in [0.1, 0.15) is 5.75 Å². The highest BCUT2D eigenvalue weighted by atomic mass is 16.5. The molecule has 1 atom stereocenters. The molecule has 158 valence electrons. The van der Waals surface area contributed by atoms with Crippen molar-refractivity contribution in [1.82, 2.24) is 10.7 Å². The summed E-state index contributed by atoms with van der Waals surface area (Å²) in [5, 5.41) is 6.99. The highest BCUT2D eigenvalue weighted by molar-refractivity contribution is 5.94. The van der Waals surface area contributed by atoms with Gasteiger partial charge in [0.05, 0.1) is 25.8 Å². The van der Waals surface area contributed by atoms with Crippen molar-refractivity contribution in [2.45, 2.75) is 19.4 Å². The van der Waals surface area contributed by atoms with Crippen molar-refractivity contribution in [2.75, 3.05) is 7.11 Å². The molecule has 0 saturated heterocycles. The van der Waals surface area contributed by atoms with Gasteiger partial charge in [0.2, 0.25) is 5.91 Å². The maximum absolute atomic E-state index is 12.6. The van der Waals surface area contributed by atoms with E-state index >= 15 is 0 Å². The molecule has 0 fully saturated rings. The van der Waals surface area contributed by atoms with Crippen molar-refractivity contribution in [2.24, 2.45) is 5.10 Å². The fourth-order valence-corrected chi connectivity index (χ4v) is 3.16. The maximum atomic E-state index is 12.6. The van der Waals surface area contributed by atoms with Gasteiger partial charge in [-0.1, -0.05) is 48.5 Å². The third kappa shape index (κ3) is 6.27. The zero-order chi connectivity index (χ0) is 22.1. The van der Waals surface area contributed by atoms with Crippen molar-refractivity contribution < 1.29 is 14.3 Å². The first-order chi connectivity index (χ1) is 15.1. The number of aryl methyl sites for hydroxylation is 1. The number of carbonyl (C=O) groups is 2. The summed E-state index contributed by atoms with van der Waals surface area (Å²) in [6, 6.07) is 23.5. The van der Waals surface area contributed by atoms with Gasteiger partial charge in [0.25, 0.3) is 5.91 Å². The fraction of sp³-hybridized carbons (Fsp3) is 0.160. The maximum Gasteiger partial charge on any atom is 0.251 e. The number of methoxy groups -OCH3 is 1. The quantitative estimate of drug-likeness (QED) is 0.431. The number of hydrogen-bond donors (Lipinski definition) is 2. The largest absolute Gasteiger partial charge is 0.496 e. The number of ether oxygens (including phenoxy) is 1. The lowest BCUT2D eigenvalue weighted by Crippen LogP contribution is -2.32. The second-order valence-corrected chi connectivity index (χ2v) is 7.03. The molecule has 6 nitrogen and oxygen atoms in total. The number of rotatable bonds is 8. The van der Waals surface area contributed by atoms with Crippen molar-refractivity contribution in [3.63, 3.8) is 0 Å². The highest BCUT2D eigenvalue weighted by Crippen LogP contribution is 2.18. The van der Waals surface area contributed by atoms with Crippen LogP contribution in [0.25, 0.3) is 0 Å². The zero-order valence-electron chi connectivity index (χ0n) is 17.5. The van der Waals surface area contributed by atoms with E-state index in [1.807, 2.05) is 61.5 Å². The van der Waals surface area contributed by atoms with E-state index in [0.29, 0.717) is 5.56 Å². The zero-order valence-corrected chi connectivity index (χ0v) is 17.5. The number of amides is 2. The van der Waals surface area contributed by atoms with Crippen LogP contribution in [0.1, 0.15) is 39.5 Å². The van der Waals surface area contributed by atoms with Gasteiger partial charge in [0.15, 0.2) is 0 Å². The topological polar surface area (TPSA) is 79.8 Å². The number of nitrogens with zero attached hydrogens (tertiary/aromatic N) is 1. The predicted molar refractivity (Wildman–Crippen MR) is 121 cm³/mol. The summed E-state index contributed by atoms with van der Waals surface area (Å²) >= 11 is 0. The minimum Gasteiger partial charge on any atom is -0.496 e. The number of benzene rings is 3. The van der Waals surface area contributed by atoms with Crippen molar-refractivity contribution >= 4 is 18.0 Å². The Balaban J connectivity index is 1.65. The van der Waals surface area contributed by atoms with Crippen molar-refractivity contribution in [3.05, 3.63) is 101 Å². The predicted octanol–water partition coefficient (Wildman–Crippen LogP) is 4.02. The summed E-state index contributed by atoms with van der Waals surface area (Å²) in [5.41, 5.74) is 5.74. The lowest BCUT2D eigenvalue weighted by Gasteiger charge is -2.18. The molecule has 0 aromatic heterocycles. The summed E-state index contributed by atoms with van der Waals surface area (Å²) in [6.07, 6.45) is 1.63. The number of hydrogen-bond acceptors (Lipinski definition) is 4. The molecule has 0 aliphatic rings. The average Bonchev–Trinajstić information content (AvgIpc) is 2.80. The van der Waals surface area contributed by atoms with Gasteiger partial charge in [-0.3, -0.25) is 9.59 Å². The van der Waals surface area contributed by atoms with Gasteiger partial charge in [-0.2, -0.15) is 5.10 Å². The van der Waals surface area contributed by atoms with E-state index in [-0.39, 0.29) is 18.2 Å². The van der Waals surface area contributed by atoms with E-state index in [1.165, 1.54) is 0 Å². The van der Waals surface area contributed by atoms with Crippen molar-refractivity contribution in [3.8, 4) is 5.75 Å². The van der Waals surface area contributed by atoms with E-state index in [2.05, 4.69) is 15.8 Å². The average molecular weight is 415 g/mol. The first-order valence-electron chi connectivity index (χ1n) is 9.94. The molecule has 3 rings (SSSR count). The normalized spacial score (nSPS) is 11.7. The van der Waals surface area contributed by atoms with Gasteiger partial charge < -0.3 is 10.1 Å². The third-order valence-corrected chi connectivity index (χ3v) is 4.75. The Morgan fingerprint density at radius 3 is 2.32 bits per heavy atom. The molecule has 0 heterocycles. The molecule has 6 heteroatoms. The van der Waals surface area contributed by atoms with Crippen LogP contribution in [-0.2, 0) is 4.79 Å². The SMILES string of the molecule is COc1ccc(/C=N\NC(=O)C[C@H](NC(=O)c2ccccc2)c2ccccc2)cc1C. The van der Waals surface area contributed by atoms with Gasteiger partial charge in [-0.15, -0.1) is 0 Å². The second-order valence-electron chi connectivity index (χ2n) is 7.03. The number of hydrazone groups is 1. The van der Waals surface area contributed by atoms with Crippen LogP contribution in [0.5, 0.6) is 5.75 Å². The summed E-state index contributed by atoms with van der Waals surface area (Å²) in [4.78, 5) is 25.1. The monoisotopic (exact) mass is 415 g/mol. The number of nitrogens with one attached hydrogen (secondary N) is 2. The van der Waals surface area contributed by atoms with Gasteiger partial charge >= 0.3 is 0 Å². The Hall–Kier alpha value is -3.93.